The minimum absolute atomic E-state index is 0.0130. The first-order chi connectivity index (χ1) is 12.6. The maximum Gasteiger partial charge on any atom is 0.267 e. The summed E-state index contributed by atoms with van der Waals surface area (Å²) < 4.78 is 0. The largest absolute Gasteiger partial charge is 0.360 e. The topological polar surface area (TPSA) is 64.9 Å². The summed E-state index contributed by atoms with van der Waals surface area (Å²) in [4.78, 5) is 12.4. The Hall–Kier alpha value is -3.58. The van der Waals surface area contributed by atoms with Crippen LogP contribution in [0, 0.1) is 25.2 Å². The third-order valence-corrected chi connectivity index (χ3v) is 4.35. The van der Waals surface area contributed by atoms with Crippen molar-refractivity contribution in [2.75, 3.05) is 10.6 Å². The van der Waals surface area contributed by atoms with Gasteiger partial charge in [0, 0.05) is 17.6 Å². The molecule has 4 heteroatoms. The molecule has 0 unspecified atom stereocenters. The van der Waals surface area contributed by atoms with Crippen LogP contribution >= 0.6 is 0 Å². The smallest absolute Gasteiger partial charge is 0.267 e. The molecular formula is C22H19N3O. The van der Waals surface area contributed by atoms with E-state index >= 15 is 0 Å². The highest BCUT2D eigenvalue weighted by Crippen LogP contribution is 2.20. The molecule has 0 radical (unpaired) electrons. The fourth-order valence-electron chi connectivity index (χ4n) is 2.66. The summed E-state index contributed by atoms with van der Waals surface area (Å²) in [7, 11) is 0. The Bertz CT molecular complexity index is 1040. The number of hydrogen-bond donors (Lipinski definition) is 2. The van der Waals surface area contributed by atoms with Gasteiger partial charge in [-0.3, -0.25) is 4.79 Å². The normalized spacial score (nSPS) is 11.0. The van der Waals surface area contributed by atoms with Crippen molar-refractivity contribution in [1.82, 2.24) is 0 Å². The van der Waals surface area contributed by atoms with E-state index in [9.17, 15) is 10.1 Å². The lowest BCUT2D eigenvalue weighted by atomic mass is 10.1. The molecule has 0 saturated carbocycles. The summed E-state index contributed by atoms with van der Waals surface area (Å²) in [5.41, 5.74) is 3.61. The summed E-state index contributed by atoms with van der Waals surface area (Å²) in [6, 6.07) is 21.5. The molecule has 0 atom stereocenters. The Labute approximate surface area is 152 Å². The van der Waals surface area contributed by atoms with Gasteiger partial charge in [-0.15, -0.1) is 0 Å². The van der Waals surface area contributed by atoms with E-state index < -0.39 is 5.91 Å². The van der Waals surface area contributed by atoms with Crippen LogP contribution in [0.4, 0.5) is 11.4 Å². The van der Waals surface area contributed by atoms with Gasteiger partial charge in [0.25, 0.3) is 5.91 Å². The van der Waals surface area contributed by atoms with E-state index in [1.54, 1.807) is 0 Å². The number of anilines is 2. The maximum absolute atomic E-state index is 12.4. The van der Waals surface area contributed by atoms with Crippen LogP contribution in [0.25, 0.3) is 10.8 Å². The highest BCUT2D eigenvalue weighted by molar-refractivity contribution is 6.07. The Morgan fingerprint density at radius 3 is 2.54 bits per heavy atom. The minimum Gasteiger partial charge on any atom is -0.360 e. The molecule has 0 aliphatic carbocycles. The molecule has 0 heterocycles. The Balaban J connectivity index is 1.77. The van der Waals surface area contributed by atoms with Crippen molar-refractivity contribution in [2.24, 2.45) is 0 Å². The summed E-state index contributed by atoms with van der Waals surface area (Å²) >= 11 is 0. The zero-order valence-electron chi connectivity index (χ0n) is 14.7. The molecule has 0 bridgehead atoms. The lowest BCUT2D eigenvalue weighted by molar-refractivity contribution is -0.112. The number of aryl methyl sites for hydroxylation is 1. The minimum atomic E-state index is -0.436. The van der Waals surface area contributed by atoms with E-state index in [0.717, 1.165) is 27.6 Å². The average Bonchev–Trinajstić information content (AvgIpc) is 2.66. The first-order valence-corrected chi connectivity index (χ1v) is 8.31. The van der Waals surface area contributed by atoms with Gasteiger partial charge in [-0.2, -0.15) is 5.26 Å². The van der Waals surface area contributed by atoms with Crippen LogP contribution in [0.1, 0.15) is 11.1 Å². The van der Waals surface area contributed by atoms with Crippen molar-refractivity contribution >= 4 is 28.1 Å². The summed E-state index contributed by atoms with van der Waals surface area (Å²) in [6.45, 7) is 3.92. The van der Waals surface area contributed by atoms with Crippen LogP contribution in [-0.2, 0) is 4.79 Å². The van der Waals surface area contributed by atoms with E-state index in [0.29, 0.717) is 5.69 Å². The summed E-state index contributed by atoms with van der Waals surface area (Å²) in [5.74, 6) is -0.436. The van der Waals surface area contributed by atoms with Crippen molar-refractivity contribution in [3.63, 3.8) is 0 Å². The molecule has 26 heavy (non-hydrogen) atoms. The fraction of sp³-hybridized carbons (Fsp3) is 0.0909. The zero-order valence-corrected chi connectivity index (χ0v) is 14.7. The molecule has 0 aliphatic rings. The van der Waals surface area contributed by atoms with Gasteiger partial charge in [0.2, 0.25) is 0 Å². The van der Waals surface area contributed by atoms with Crippen LogP contribution in [0.15, 0.2) is 72.4 Å². The van der Waals surface area contributed by atoms with Gasteiger partial charge in [0.15, 0.2) is 0 Å². The molecule has 2 N–H and O–H groups in total. The van der Waals surface area contributed by atoms with Crippen molar-refractivity contribution in [1.29, 1.82) is 5.26 Å². The number of carbonyl (C=O) groups excluding carboxylic acids is 1. The van der Waals surface area contributed by atoms with Gasteiger partial charge >= 0.3 is 0 Å². The number of carbonyl (C=O) groups is 1. The highest BCUT2D eigenvalue weighted by atomic mass is 16.1. The first-order valence-electron chi connectivity index (χ1n) is 8.31. The predicted molar refractivity (Wildman–Crippen MR) is 106 cm³/mol. The molecular weight excluding hydrogens is 322 g/mol. The third-order valence-electron chi connectivity index (χ3n) is 4.35. The Morgan fingerprint density at radius 1 is 1.00 bits per heavy atom. The summed E-state index contributed by atoms with van der Waals surface area (Å²) in [6.07, 6.45) is 1.44. The van der Waals surface area contributed by atoms with Crippen LogP contribution in [0.3, 0.4) is 0 Å². The quantitative estimate of drug-likeness (QED) is 0.523. The Morgan fingerprint density at radius 2 is 1.77 bits per heavy atom. The second-order valence-corrected chi connectivity index (χ2v) is 6.08. The van der Waals surface area contributed by atoms with Crippen LogP contribution in [-0.4, -0.2) is 5.91 Å². The highest BCUT2D eigenvalue weighted by Gasteiger charge is 2.11. The lowest BCUT2D eigenvalue weighted by Gasteiger charge is -2.10. The number of hydrogen-bond acceptors (Lipinski definition) is 3. The van der Waals surface area contributed by atoms with Crippen molar-refractivity contribution in [3.8, 4) is 6.07 Å². The molecule has 3 aromatic rings. The molecule has 0 spiro atoms. The molecule has 1 amide bonds. The molecule has 0 saturated heterocycles. The summed E-state index contributed by atoms with van der Waals surface area (Å²) in [5, 5.41) is 17.4. The first kappa shape index (κ1) is 17.2. The number of benzene rings is 3. The second kappa shape index (κ2) is 7.54. The SMILES string of the molecule is Cc1cccc(NC(=O)/C(C#N)=C\Nc2ccc3ccccc3c2)c1C. The van der Waals surface area contributed by atoms with Crippen molar-refractivity contribution in [2.45, 2.75) is 13.8 Å². The number of nitrogens with zero attached hydrogens (tertiary/aromatic N) is 1. The van der Waals surface area contributed by atoms with E-state index in [4.69, 9.17) is 0 Å². The van der Waals surface area contributed by atoms with Crippen LogP contribution in [0.2, 0.25) is 0 Å². The van der Waals surface area contributed by atoms with Gasteiger partial charge in [-0.1, -0.05) is 42.5 Å². The van der Waals surface area contributed by atoms with Gasteiger partial charge in [0.1, 0.15) is 11.6 Å². The molecule has 4 nitrogen and oxygen atoms in total. The maximum atomic E-state index is 12.4. The molecule has 3 aromatic carbocycles. The number of rotatable bonds is 4. The molecule has 0 aromatic heterocycles. The monoisotopic (exact) mass is 341 g/mol. The van der Waals surface area contributed by atoms with Gasteiger partial charge in [-0.05, 0) is 53.9 Å². The van der Waals surface area contributed by atoms with Gasteiger partial charge in [0.05, 0.1) is 0 Å². The van der Waals surface area contributed by atoms with E-state index in [1.165, 1.54) is 6.20 Å². The van der Waals surface area contributed by atoms with E-state index in [-0.39, 0.29) is 5.57 Å². The van der Waals surface area contributed by atoms with Crippen LogP contribution < -0.4 is 10.6 Å². The van der Waals surface area contributed by atoms with Gasteiger partial charge in [-0.25, -0.2) is 0 Å². The Kier molecular flexibility index (Phi) is 5.00. The van der Waals surface area contributed by atoms with Crippen molar-refractivity contribution < 1.29 is 4.79 Å². The fourth-order valence-corrected chi connectivity index (χ4v) is 2.66. The standard InChI is InChI=1S/C22H19N3O/c1-15-6-5-9-21(16(15)2)25-22(26)19(13-23)14-24-20-11-10-17-7-3-4-8-18(17)12-20/h3-12,14,24H,1-2H3,(H,25,26)/b19-14-. The number of nitriles is 1. The van der Waals surface area contributed by atoms with Crippen LogP contribution in [0.5, 0.6) is 0 Å². The van der Waals surface area contributed by atoms with E-state index in [2.05, 4.69) is 10.6 Å². The number of amides is 1. The third kappa shape index (κ3) is 3.73. The number of fused-ring (bicyclic) bond motifs is 1. The van der Waals surface area contributed by atoms with Gasteiger partial charge < -0.3 is 10.6 Å². The zero-order chi connectivity index (χ0) is 18.5. The molecule has 0 aliphatic heterocycles. The predicted octanol–water partition coefficient (Wildman–Crippen LogP) is 4.91. The molecule has 3 rings (SSSR count). The average molecular weight is 341 g/mol. The number of nitrogens with one attached hydrogen (secondary N) is 2. The molecule has 128 valence electrons. The van der Waals surface area contributed by atoms with Crippen molar-refractivity contribution in [3.05, 3.63) is 83.6 Å². The molecule has 0 fully saturated rings. The van der Waals surface area contributed by atoms with E-state index in [1.807, 2.05) is 80.6 Å². The lowest BCUT2D eigenvalue weighted by Crippen LogP contribution is -2.15. The second-order valence-electron chi connectivity index (χ2n) is 6.08.